The molecule has 0 aromatic carbocycles. The molecule has 2 aromatic heterocycles. The monoisotopic (exact) mass is 208 g/mol. The van der Waals surface area contributed by atoms with Crippen LogP contribution in [0.2, 0.25) is 0 Å². The SMILES string of the molecule is N#Cc1cccnc1C#CCn1cccn1. The number of pyridine rings is 1. The van der Waals surface area contributed by atoms with E-state index in [1.807, 2.05) is 12.3 Å². The van der Waals surface area contributed by atoms with E-state index >= 15 is 0 Å². The van der Waals surface area contributed by atoms with Crippen LogP contribution in [-0.4, -0.2) is 14.8 Å². The van der Waals surface area contributed by atoms with Gasteiger partial charge in [0.05, 0.1) is 5.56 Å². The van der Waals surface area contributed by atoms with Crippen molar-refractivity contribution in [2.45, 2.75) is 6.54 Å². The van der Waals surface area contributed by atoms with Gasteiger partial charge in [-0.1, -0.05) is 5.92 Å². The molecule has 0 spiro atoms. The smallest absolute Gasteiger partial charge is 0.130 e. The Morgan fingerprint density at radius 2 is 2.25 bits per heavy atom. The normalized spacial score (nSPS) is 8.94. The molecule has 0 unspecified atom stereocenters. The maximum Gasteiger partial charge on any atom is 0.130 e. The number of rotatable bonds is 1. The van der Waals surface area contributed by atoms with Gasteiger partial charge in [-0.25, -0.2) is 4.98 Å². The molecule has 0 aliphatic heterocycles. The summed E-state index contributed by atoms with van der Waals surface area (Å²) in [5.74, 6) is 5.77. The van der Waals surface area contributed by atoms with Crippen LogP contribution in [0.5, 0.6) is 0 Å². The number of nitrogens with zero attached hydrogens (tertiary/aromatic N) is 4. The molecule has 0 saturated heterocycles. The highest BCUT2D eigenvalue weighted by Crippen LogP contribution is 2.00. The standard InChI is InChI=1S/C12H8N4/c13-10-11-4-1-6-14-12(11)5-2-8-16-9-3-7-15-16/h1,3-4,6-7,9H,8H2. The molecule has 0 radical (unpaired) electrons. The van der Waals surface area contributed by atoms with Crippen molar-refractivity contribution in [3.63, 3.8) is 0 Å². The Balaban J connectivity index is 2.16. The van der Waals surface area contributed by atoms with Crippen LogP contribution in [0.25, 0.3) is 0 Å². The summed E-state index contributed by atoms with van der Waals surface area (Å²) in [5, 5.41) is 12.8. The third-order valence-corrected chi connectivity index (χ3v) is 1.94. The molecule has 0 N–H and O–H groups in total. The molecule has 2 aromatic rings. The average molecular weight is 208 g/mol. The fourth-order valence-electron chi connectivity index (χ4n) is 1.19. The van der Waals surface area contributed by atoms with E-state index in [9.17, 15) is 0 Å². The summed E-state index contributed by atoms with van der Waals surface area (Å²) in [6.07, 6.45) is 5.15. The predicted octanol–water partition coefficient (Wildman–Crippen LogP) is 1.20. The van der Waals surface area contributed by atoms with Gasteiger partial charge in [0.1, 0.15) is 18.3 Å². The van der Waals surface area contributed by atoms with E-state index in [0.717, 1.165) is 0 Å². The van der Waals surface area contributed by atoms with Gasteiger partial charge in [0.25, 0.3) is 0 Å². The van der Waals surface area contributed by atoms with Crippen molar-refractivity contribution in [2.24, 2.45) is 0 Å². The first-order chi connectivity index (χ1) is 7.90. The van der Waals surface area contributed by atoms with E-state index in [0.29, 0.717) is 17.8 Å². The van der Waals surface area contributed by atoms with E-state index in [1.165, 1.54) is 0 Å². The fourth-order valence-corrected chi connectivity index (χ4v) is 1.19. The van der Waals surface area contributed by atoms with Crippen LogP contribution in [0, 0.1) is 23.2 Å². The number of nitriles is 1. The lowest BCUT2D eigenvalue weighted by Crippen LogP contribution is -1.95. The second kappa shape index (κ2) is 4.77. The largest absolute Gasteiger partial charge is 0.261 e. The first-order valence-electron chi connectivity index (χ1n) is 4.71. The molecule has 0 aliphatic carbocycles. The number of hydrogen-bond donors (Lipinski definition) is 0. The number of aromatic nitrogens is 3. The zero-order valence-corrected chi connectivity index (χ0v) is 8.46. The maximum atomic E-state index is 8.83. The lowest BCUT2D eigenvalue weighted by atomic mass is 10.2. The molecule has 0 fully saturated rings. The zero-order chi connectivity index (χ0) is 11.2. The summed E-state index contributed by atoms with van der Waals surface area (Å²) >= 11 is 0. The van der Waals surface area contributed by atoms with Gasteiger partial charge in [0, 0.05) is 18.6 Å². The quantitative estimate of drug-likeness (QED) is 0.662. The van der Waals surface area contributed by atoms with Gasteiger partial charge in [0.15, 0.2) is 0 Å². The van der Waals surface area contributed by atoms with Gasteiger partial charge in [-0.05, 0) is 24.1 Å². The topological polar surface area (TPSA) is 54.5 Å². The van der Waals surface area contributed by atoms with Crippen molar-refractivity contribution in [1.29, 1.82) is 5.26 Å². The van der Waals surface area contributed by atoms with Crippen LogP contribution in [-0.2, 0) is 6.54 Å². The summed E-state index contributed by atoms with van der Waals surface area (Å²) < 4.78 is 1.71. The summed E-state index contributed by atoms with van der Waals surface area (Å²) in [6, 6.07) is 7.31. The van der Waals surface area contributed by atoms with Gasteiger partial charge in [-0.2, -0.15) is 10.4 Å². The molecule has 2 rings (SSSR count). The van der Waals surface area contributed by atoms with Crippen molar-refractivity contribution >= 4 is 0 Å². The first kappa shape index (κ1) is 9.95. The predicted molar refractivity (Wildman–Crippen MR) is 58.1 cm³/mol. The third-order valence-electron chi connectivity index (χ3n) is 1.94. The molecular formula is C12H8N4. The van der Waals surface area contributed by atoms with Crippen molar-refractivity contribution in [3.05, 3.63) is 48.0 Å². The van der Waals surface area contributed by atoms with Gasteiger partial charge in [-0.15, -0.1) is 0 Å². The van der Waals surface area contributed by atoms with Crippen LogP contribution in [0.3, 0.4) is 0 Å². The Labute approximate surface area is 93.2 Å². The second-order valence-corrected chi connectivity index (χ2v) is 3.02. The molecule has 0 amide bonds. The Bertz CT molecular complexity index is 567. The minimum absolute atomic E-state index is 0.494. The summed E-state index contributed by atoms with van der Waals surface area (Å²) in [7, 11) is 0. The Hall–Kier alpha value is -2.59. The second-order valence-electron chi connectivity index (χ2n) is 3.02. The molecule has 4 nitrogen and oxygen atoms in total. The van der Waals surface area contributed by atoms with Crippen LogP contribution in [0.1, 0.15) is 11.3 Å². The van der Waals surface area contributed by atoms with Crippen molar-refractivity contribution in [2.75, 3.05) is 0 Å². The van der Waals surface area contributed by atoms with Crippen molar-refractivity contribution in [1.82, 2.24) is 14.8 Å². The average Bonchev–Trinajstić information content (AvgIpc) is 2.83. The molecule has 0 bridgehead atoms. The first-order valence-corrected chi connectivity index (χ1v) is 4.71. The molecule has 0 saturated carbocycles. The Morgan fingerprint density at radius 1 is 1.31 bits per heavy atom. The molecule has 76 valence electrons. The Morgan fingerprint density at radius 3 is 3.00 bits per heavy atom. The third kappa shape index (κ3) is 2.26. The van der Waals surface area contributed by atoms with Gasteiger partial charge >= 0.3 is 0 Å². The molecule has 0 atom stereocenters. The molecule has 0 aliphatic rings. The molecule has 16 heavy (non-hydrogen) atoms. The van der Waals surface area contributed by atoms with Crippen LogP contribution in [0.15, 0.2) is 36.8 Å². The van der Waals surface area contributed by atoms with Crippen molar-refractivity contribution < 1.29 is 0 Å². The van der Waals surface area contributed by atoms with E-state index in [1.54, 1.807) is 29.2 Å². The summed E-state index contributed by atoms with van der Waals surface area (Å²) in [4.78, 5) is 4.04. The van der Waals surface area contributed by atoms with Crippen LogP contribution in [0.4, 0.5) is 0 Å². The van der Waals surface area contributed by atoms with Gasteiger partial charge in [-0.3, -0.25) is 4.68 Å². The highest BCUT2D eigenvalue weighted by atomic mass is 15.3. The van der Waals surface area contributed by atoms with Crippen LogP contribution < -0.4 is 0 Å². The molecule has 4 heteroatoms. The Kier molecular flexibility index (Phi) is 2.96. The minimum atomic E-state index is 0.494. The highest BCUT2D eigenvalue weighted by Gasteiger charge is 1.96. The lowest BCUT2D eigenvalue weighted by molar-refractivity contribution is 0.715. The molecular weight excluding hydrogens is 200 g/mol. The summed E-state index contributed by atoms with van der Waals surface area (Å²) in [5.41, 5.74) is 1.01. The zero-order valence-electron chi connectivity index (χ0n) is 8.46. The molecule has 2 heterocycles. The highest BCUT2D eigenvalue weighted by molar-refractivity contribution is 5.42. The lowest BCUT2D eigenvalue weighted by Gasteiger charge is -1.92. The van der Waals surface area contributed by atoms with Crippen LogP contribution >= 0.6 is 0 Å². The van der Waals surface area contributed by atoms with E-state index < -0.39 is 0 Å². The van der Waals surface area contributed by atoms with Crippen molar-refractivity contribution in [3.8, 4) is 17.9 Å². The van der Waals surface area contributed by atoms with E-state index in [-0.39, 0.29) is 0 Å². The van der Waals surface area contributed by atoms with Gasteiger partial charge < -0.3 is 0 Å². The van der Waals surface area contributed by atoms with E-state index in [4.69, 9.17) is 5.26 Å². The van der Waals surface area contributed by atoms with E-state index in [2.05, 4.69) is 28.0 Å². The maximum absolute atomic E-state index is 8.83. The number of hydrogen-bond acceptors (Lipinski definition) is 3. The minimum Gasteiger partial charge on any atom is -0.261 e. The van der Waals surface area contributed by atoms with Gasteiger partial charge in [0.2, 0.25) is 0 Å². The summed E-state index contributed by atoms with van der Waals surface area (Å²) in [6.45, 7) is 0.494. The fraction of sp³-hybridized carbons (Fsp3) is 0.0833.